The normalized spacial score (nSPS) is 32.0. The lowest BCUT2D eigenvalue weighted by Gasteiger charge is -2.38. The number of nitrogens with one attached hydrogen (secondary N) is 1. The zero-order chi connectivity index (χ0) is 10.1. The van der Waals surface area contributed by atoms with Gasteiger partial charge >= 0.3 is 0 Å². The molecule has 1 aliphatic carbocycles. The van der Waals surface area contributed by atoms with E-state index in [9.17, 15) is 0 Å². The number of ether oxygens (including phenoxy) is 3. The van der Waals surface area contributed by atoms with Crippen LogP contribution in [-0.4, -0.2) is 44.3 Å². The molecule has 15 heavy (non-hydrogen) atoms. The molecule has 2 aliphatic heterocycles. The molecule has 1 spiro atoms. The Balaban J connectivity index is 1.47. The highest BCUT2D eigenvalue weighted by Gasteiger charge is 2.40. The molecule has 0 amide bonds. The largest absolute Gasteiger partial charge is 0.378 e. The van der Waals surface area contributed by atoms with Gasteiger partial charge in [-0.25, -0.2) is 0 Å². The summed E-state index contributed by atoms with van der Waals surface area (Å²) < 4.78 is 16.6. The number of hydrogen-bond acceptors (Lipinski definition) is 4. The van der Waals surface area contributed by atoms with Crippen LogP contribution in [0.3, 0.4) is 0 Å². The minimum absolute atomic E-state index is 0.214. The van der Waals surface area contributed by atoms with E-state index in [-0.39, 0.29) is 5.79 Å². The molecule has 1 saturated carbocycles. The van der Waals surface area contributed by atoms with Crippen LogP contribution in [0.25, 0.3) is 0 Å². The van der Waals surface area contributed by atoms with E-state index in [1.807, 2.05) is 0 Å². The minimum Gasteiger partial charge on any atom is -0.378 e. The van der Waals surface area contributed by atoms with Crippen LogP contribution < -0.4 is 5.32 Å². The fourth-order valence-corrected chi connectivity index (χ4v) is 2.68. The minimum atomic E-state index is -0.214. The lowest BCUT2D eigenvalue weighted by Crippen LogP contribution is -2.52. The molecule has 86 valence electrons. The summed E-state index contributed by atoms with van der Waals surface area (Å²) in [5, 5.41) is 3.63. The van der Waals surface area contributed by atoms with Crippen molar-refractivity contribution in [2.75, 3.05) is 26.4 Å². The van der Waals surface area contributed by atoms with Crippen molar-refractivity contribution in [2.24, 2.45) is 0 Å². The quantitative estimate of drug-likeness (QED) is 0.731. The second-order valence-corrected chi connectivity index (χ2v) is 4.78. The second-order valence-electron chi connectivity index (χ2n) is 4.78. The predicted molar refractivity (Wildman–Crippen MR) is 54.6 cm³/mol. The van der Waals surface area contributed by atoms with Crippen LogP contribution >= 0.6 is 0 Å². The van der Waals surface area contributed by atoms with Crippen LogP contribution in [0.4, 0.5) is 0 Å². The van der Waals surface area contributed by atoms with Crippen molar-refractivity contribution in [1.82, 2.24) is 5.32 Å². The molecule has 0 unspecified atom stereocenters. The van der Waals surface area contributed by atoms with Crippen molar-refractivity contribution in [2.45, 2.75) is 43.6 Å². The van der Waals surface area contributed by atoms with Crippen LogP contribution in [0.1, 0.15) is 25.7 Å². The summed E-state index contributed by atoms with van der Waals surface area (Å²) >= 11 is 0. The van der Waals surface area contributed by atoms with E-state index in [4.69, 9.17) is 14.2 Å². The van der Waals surface area contributed by atoms with Crippen molar-refractivity contribution in [3.05, 3.63) is 0 Å². The van der Waals surface area contributed by atoms with Crippen LogP contribution in [0.2, 0.25) is 0 Å². The van der Waals surface area contributed by atoms with Gasteiger partial charge < -0.3 is 19.5 Å². The second kappa shape index (κ2) is 4.01. The third-order valence-electron chi connectivity index (χ3n) is 3.67. The molecule has 0 radical (unpaired) electrons. The Morgan fingerprint density at radius 2 is 1.60 bits per heavy atom. The molecule has 3 aliphatic rings. The molecule has 0 aromatic heterocycles. The van der Waals surface area contributed by atoms with E-state index >= 15 is 0 Å². The first-order valence-electron chi connectivity index (χ1n) is 5.98. The summed E-state index contributed by atoms with van der Waals surface area (Å²) in [6.45, 7) is 3.31. The van der Waals surface area contributed by atoms with Crippen LogP contribution in [-0.2, 0) is 14.2 Å². The molecule has 2 heterocycles. The topological polar surface area (TPSA) is 39.7 Å². The molecule has 0 aromatic rings. The van der Waals surface area contributed by atoms with Gasteiger partial charge in [-0.05, 0) is 12.8 Å². The van der Waals surface area contributed by atoms with E-state index in [2.05, 4.69) is 5.32 Å². The summed E-state index contributed by atoms with van der Waals surface area (Å²) in [6.07, 6.45) is 4.41. The van der Waals surface area contributed by atoms with Gasteiger partial charge in [-0.2, -0.15) is 0 Å². The van der Waals surface area contributed by atoms with Crippen molar-refractivity contribution >= 4 is 0 Å². The van der Waals surface area contributed by atoms with Gasteiger partial charge in [0.15, 0.2) is 5.79 Å². The van der Waals surface area contributed by atoms with Gasteiger partial charge in [0.2, 0.25) is 0 Å². The monoisotopic (exact) mass is 213 g/mol. The predicted octanol–water partition coefficient (Wildman–Crippen LogP) is 0.660. The van der Waals surface area contributed by atoms with E-state index in [1.54, 1.807) is 0 Å². The van der Waals surface area contributed by atoms with Crippen LogP contribution in [0.15, 0.2) is 0 Å². The molecule has 0 bridgehead atoms. The maximum atomic E-state index is 5.70. The number of rotatable bonds is 2. The van der Waals surface area contributed by atoms with E-state index < -0.39 is 0 Å². The molecule has 3 fully saturated rings. The lowest BCUT2D eigenvalue weighted by atomic mass is 9.89. The van der Waals surface area contributed by atoms with Gasteiger partial charge in [0.1, 0.15) is 0 Å². The third kappa shape index (κ3) is 2.04. The summed E-state index contributed by atoms with van der Waals surface area (Å²) in [6, 6.07) is 1.23. The SMILES string of the molecule is C1COC2(CCC(NC3COC3)CC2)O1. The fraction of sp³-hybridized carbons (Fsp3) is 1.00. The molecule has 2 saturated heterocycles. The van der Waals surface area contributed by atoms with E-state index in [1.165, 1.54) is 0 Å². The Bertz CT molecular complexity index is 214. The highest BCUT2D eigenvalue weighted by molar-refractivity contribution is 4.88. The summed E-state index contributed by atoms with van der Waals surface area (Å²) in [7, 11) is 0. The first kappa shape index (κ1) is 10.0. The Morgan fingerprint density at radius 1 is 0.933 bits per heavy atom. The van der Waals surface area contributed by atoms with E-state index in [0.717, 1.165) is 52.1 Å². The van der Waals surface area contributed by atoms with Gasteiger partial charge in [0.05, 0.1) is 32.5 Å². The first-order valence-corrected chi connectivity index (χ1v) is 5.98. The van der Waals surface area contributed by atoms with Crippen molar-refractivity contribution in [3.63, 3.8) is 0 Å². The van der Waals surface area contributed by atoms with Gasteiger partial charge in [-0.1, -0.05) is 0 Å². The average molecular weight is 213 g/mol. The van der Waals surface area contributed by atoms with Gasteiger partial charge in [-0.15, -0.1) is 0 Å². The summed E-state index contributed by atoms with van der Waals surface area (Å²) in [5.74, 6) is -0.214. The Kier molecular flexibility index (Phi) is 2.68. The molecule has 3 rings (SSSR count). The standard InChI is InChI=1S/C11H19NO3/c1-3-11(14-5-6-15-11)4-2-9(1)12-10-7-13-8-10/h9-10,12H,1-8H2. The zero-order valence-corrected chi connectivity index (χ0v) is 9.04. The number of hydrogen-bond donors (Lipinski definition) is 1. The van der Waals surface area contributed by atoms with Gasteiger partial charge in [0.25, 0.3) is 0 Å². The highest BCUT2D eigenvalue weighted by atomic mass is 16.7. The van der Waals surface area contributed by atoms with Gasteiger partial charge in [0, 0.05) is 18.9 Å². The lowest BCUT2D eigenvalue weighted by molar-refractivity contribution is -0.180. The molecule has 0 atom stereocenters. The van der Waals surface area contributed by atoms with Crippen molar-refractivity contribution in [1.29, 1.82) is 0 Å². The van der Waals surface area contributed by atoms with Crippen molar-refractivity contribution < 1.29 is 14.2 Å². The fourth-order valence-electron chi connectivity index (χ4n) is 2.68. The summed E-state index contributed by atoms with van der Waals surface area (Å²) in [5.41, 5.74) is 0. The molecular formula is C11H19NO3. The summed E-state index contributed by atoms with van der Waals surface area (Å²) in [4.78, 5) is 0. The Hall–Kier alpha value is -0.160. The maximum Gasteiger partial charge on any atom is 0.168 e. The zero-order valence-electron chi connectivity index (χ0n) is 9.04. The smallest absolute Gasteiger partial charge is 0.168 e. The molecule has 0 aromatic carbocycles. The molecule has 4 nitrogen and oxygen atoms in total. The molecule has 4 heteroatoms. The Morgan fingerprint density at radius 3 is 2.13 bits per heavy atom. The third-order valence-corrected chi connectivity index (χ3v) is 3.67. The van der Waals surface area contributed by atoms with Crippen LogP contribution in [0.5, 0.6) is 0 Å². The Labute approximate surface area is 90.3 Å². The molecule has 1 N–H and O–H groups in total. The van der Waals surface area contributed by atoms with Gasteiger partial charge in [-0.3, -0.25) is 0 Å². The molecular weight excluding hydrogens is 194 g/mol. The first-order chi connectivity index (χ1) is 7.36. The van der Waals surface area contributed by atoms with Crippen LogP contribution in [0, 0.1) is 0 Å². The highest BCUT2D eigenvalue weighted by Crippen LogP contribution is 2.35. The van der Waals surface area contributed by atoms with Crippen molar-refractivity contribution in [3.8, 4) is 0 Å². The maximum absolute atomic E-state index is 5.70. The average Bonchev–Trinajstić information content (AvgIpc) is 2.63. The van der Waals surface area contributed by atoms with E-state index in [0.29, 0.717) is 12.1 Å².